The van der Waals surface area contributed by atoms with Crippen molar-refractivity contribution in [3.05, 3.63) is 11.6 Å². The first kappa shape index (κ1) is 8.83. The van der Waals surface area contributed by atoms with Gasteiger partial charge in [-0.05, 0) is 31.1 Å². The van der Waals surface area contributed by atoms with Crippen LogP contribution in [-0.4, -0.2) is 0 Å². The third-order valence-electron chi connectivity index (χ3n) is 2.64. The molecule has 1 rings (SSSR count). The van der Waals surface area contributed by atoms with E-state index in [0.717, 1.165) is 0 Å². The van der Waals surface area contributed by atoms with Gasteiger partial charge in [-0.2, -0.15) is 0 Å². The highest BCUT2D eigenvalue weighted by Gasteiger charge is 2.20. The molecule has 0 nitrogen and oxygen atoms in total. The fourth-order valence-electron chi connectivity index (χ4n) is 1.67. The molecule has 1 aliphatic rings. The van der Waals surface area contributed by atoms with Gasteiger partial charge in [0, 0.05) is 0 Å². The van der Waals surface area contributed by atoms with Crippen LogP contribution in [0.2, 0.25) is 0 Å². The van der Waals surface area contributed by atoms with E-state index in [1.807, 2.05) is 0 Å². The zero-order chi connectivity index (χ0) is 8.32. The van der Waals surface area contributed by atoms with E-state index in [9.17, 15) is 0 Å². The van der Waals surface area contributed by atoms with Crippen LogP contribution in [0.4, 0.5) is 0 Å². The van der Waals surface area contributed by atoms with E-state index in [-0.39, 0.29) is 0 Å². The fourth-order valence-corrected chi connectivity index (χ4v) is 1.67. The Morgan fingerprint density at radius 3 is 2.64 bits per heavy atom. The molecule has 0 aromatic rings. The Labute approximate surface area is 70.7 Å². The number of allylic oxidation sites excluding steroid dienone is 2. The highest BCUT2D eigenvalue weighted by molar-refractivity contribution is 5.08. The number of hydrogen-bond acceptors (Lipinski definition) is 0. The maximum Gasteiger partial charge on any atom is -0.0296 e. The summed E-state index contributed by atoms with van der Waals surface area (Å²) in [5.74, 6) is 0. The summed E-state index contributed by atoms with van der Waals surface area (Å²) >= 11 is 0. The monoisotopic (exact) mass is 152 g/mol. The second-order valence-electron chi connectivity index (χ2n) is 4.48. The highest BCUT2D eigenvalue weighted by atomic mass is 14.3. The van der Waals surface area contributed by atoms with Gasteiger partial charge in [0.15, 0.2) is 0 Å². The lowest BCUT2D eigenvalue weighted by Gasteiger charge is -2.28. The zero-order valence-electron chi connectivity index (χ0n) is 8.11. The van der Waals surface area contributed by atoms with E-state index in [4.69, 9.17) is 0 Å². The minimum absolute atomic E-state index is 0.581. The third kappa shape index (κ3) is 2.69. The predicted octanol–water partition coefficient (Wildman–Crippen LogP) is 3.92. The lowest BCUT2D eigenvalue weighted by molar-refractivity contribution is 0.322. The van der Waals surface area contributed by atoms with Crippen molar-refractivity contribution < 1.29 is 0 Å². The lowest BCUT2D eigenvalue weighted by atomic mass is 9.78. The Hall–Kier alpha value is -0.260. The van der Waals surface area contributed by atoms with Gasteiger partial charge in [-0.15, -0.1) is 0 Å². The second kappa shape index (κ2) is 3.42. The molecule has 1 aliphatic carbocycles. The minimum atomic E-state index is 0.581. The molecule has 0 spiro atoms. The molecule has 0 fully saturated rings. The Kier molecular flexibility index (Phi) is 2.75. The van der Waals surface area contributed by atoms with E-state index in [2.05, 4.69) is 26.8 Å². The summed E-state index contributed by atoms with van der Waals surface area (Å²) in [7, 11) is 0. The van der Waals surface area contributed by atoms with E-state index in [1.165, 1.54) is 32.1 Å². The van der Waals surface area contributed by atoms with Crippen LogP contribution in [0.15, 0.2) is 11.6 Å². The van der Waals surface area contributed by atoms with Gasteiger partial charge >= 0.3 is 0 Å². The van der Waals surface area contributed by atoms with Gasteiger partial charge < -0.3 is 0 Å². The minimum Gasteiger partial charge on any atom is -0.0848 e. The summed E-state index contributed by atoms with van der Waals surface area (Å²) in [5.41, 5.74) is 2.28. The Balaban J connectivity index is 2.44. The summed E-state index contributed by atoms with van der Waals surface area (Å²) in [4.78, 5) is 0. The van der Waals surface area contributed by atoms with Crippen molar-refractivity contribution in [2.75, 3.05) is 0 Å². The van der Waals surface area contributed by atoms with Crippen LogP contribution in [0.3, 0.4) is 0 Å². The van der Waals surface area contributed by atoms with Crippen LogP contribution in [-0.2, 0) is 0 Å². The third-order valence-corrected chi connectivity index (χ3v) is 2.64. The maximum absolute atomic E-state index is 2.47. The van der Waals surface area contributed by atoms with Crippen LogP contribution in [0.1, 0.15) is 52.9 Å². The predicted molar refractivity (Wildman–Crippen MR) is 50.6 cm³/mol. The first-order chi connectivity index (χ1) is 5.14. The van der Waals surface area contributed by atoms with E-state index in [0.29, 0.717) is 5.41 Å². The molecule has 0 radical (unpaired) electrons. The maximum atomic E-state index is 2.47. The van der Waals surface area contributed by atoms with Gasteiger partial charge in [0.25, 0.3) is 0 Å². The normalized spacial score (nSPS) is 23.0. The Bertz CT molecular complexity index is 151. The van der Waals surface area contributed by atoms with Crippen molar-refractivity contribution in [2.24, 2.45) is 5.41 Å². The molecule has 0 unspecified atom stereocenters. The molecule has 11 heavy (non-hydrogen) atoms. The molecule has 0 N–H and O–H groups in total. The molecule has 0 heterocycles. The van der Waals surface area contributed by atoms with Crippen molar-refractivity contribution in [1.29, 1.82) is 0 Å². The van der Waals surface area contributed by atoms with Crippen LogP contribution in [0, 0.1) is 5.41 Å². The molecule has 0 saturated heterocycles. The molecule has 0 amide bonds. The quantitative estimate of drug-likeness (QED) is 0.526. The van der Waals surface area contributed by atoms with Crippen molar-refractivity contribution in [3.63, 3.8) is 0 Å². The van der Waals surface area contributed by atoms with Gasteiger partial charge in [0.1, 0.15) is 0 Å². The smallest absolute Gasteiger partial charge is 0.0296 e. The molecule has 0 atom stereocenters. The Morgan fingerprint density at radius 1 is 1.45 bits per heavy atom. The largest absolute Gasteiger partial charge is 0.0848 e. The fraction of sp³-hybridized carbons (Fsp3) is 0.818. The summed E-state index contributed by atoms with van der Waals surface area (Å²) in [5, 5.41) is 0. The van der Waals surface area contributed by atoms with Crippen LogP contribution in [0.5, 0.6) is 0 Å². The topological polar surface area (TPSA) is 0 Å². The van der Waals surface area contributed by atoms with Gasteiger partial charge in [-0.25, -0.2) is 0 Å². The highest BCUT2D eigenvalue weighted by Crippen LogP contribution is 2.35. The average molecular weight is 152 g/mol. The van der Waals surface area contributed by atoms with E-state index < -0.39 is 0 Å². The van der Waals surface area contributed by atoms with Crippen molar-refractivity contribution >= 4 is 0 Å². The van der Waals surface area contributed by atoms with Crippen molar-refractivity contribution in [1.82, 2.24) is 0 Å². The molecule has 0 bridgehead atoms. The Morgan fingerprint density at radius 2 is 2.18 bits per heavy atom. The van der Waals surface area contributed by atoms with Crippen LogP contribution < -0.4 is 0 Å². The molecule has 0 aromatic heterocycles. The first-order valence-corrected chi connectivity index (χ1v) is 4.82. The molecule has 64 valence electrons. The second-order valence-corrected chi connectivity index (χ2v) is 4.48. The molecule has 0 saturated carbocycles. The van der Waals surface area contributed by atoms with Gasteiger partial charge in [0.2, 0.25) is 0 Å². The summed E-state index contributed by atoms with van der Waals surface area (Å²) in [6.45, 7) is 7.00. The molecule has 0 heteroatoms. The van der Waals surface area contributed by atoms with E-state index in [1.54, 1.807) is 5.57 Å². The van der Waals surface area contributed by atoms with Gasteiger partial charge in [-0.3, -0.25) is 0 Å². The first-order valence-electron chi connectivity index (χ1n) is 4.82. The average Bonchev–Trinajstić information content (AvgIpc) is 1.94. The summed E-state index contributed by atoms with van der Waals surface area (Å²) in [6, 6.07) is 0. The van der Waals surface area contributed by atoms with Crippen molar-refractivity contribution in [2.45, 2.75) is 52.9 Å². The van der Waals surface area contributed by atoms with E-state index >= 15 is 0 Å². The summed E-state index contributed by atoms with van der Waals surface area (Å²) in [6.07, 6.45) is 9.14. The molecular formula is C11H20. The molecule has 0 aromatic carbocycles. The standard InChI is InChI=1S/C11H20/c1-4-5-10-6-8-11(2,3)9-7-10/h6H,4-5,7-9H2,1-3H3. The van der Waals surface area contributed by atoms with Gasteiger partial charge in [-0.1, -0.05) is 38.8 Å². The molecule has 0 aliphatic heterocycles. The molecular weight excluding hydrogens is 132 g/mol. The van der Waals surface area contributed by atoms with Crippen LogP contribution >= 0.6 is 0 Å². The zero-order valence-corrected chi connectivity index (χ0v) is 8.11. The SMILES string of the molecule is CCCC1=CCC(C)(C)CC1. The lowest BCUT2D eigenvalue weighted by Crippen LogP contribution is -2.14. The van der Waals surface area contributed by atoms with Crippen molar-refractivity contribution in [3.8, 4) is 0 Å². The number of rotatable bonds is 2. The summed E-state index contributed by atoms with van der Waals surface area (Å²) < 4.78 is 0. The van der Waals surface area contributed by atoms with Crippen LogP contribution in [0.25, 0.3) is 0 Å². The number of hydrogen-bond donors (Lipinski definition) is 0. The van der Waals surface area contributed by atoms with Gasteiger partial charge in [0.05, 0.1) is 0 Å².